The number of hydrogen-bond acceptors (Lipinski definition) is 5. The van der Waals surface area contributed by atoms with Crippen LogP contribution in [0.5, 0.6) is 0 Å². The molecule has 0 fully saturated rings. The Balaban J connectivity index is 4.06. The van der Waals surface area contributed by atoms with E-state index in [0.717, 1.165) is 44.9 Å². The van der Waals surface area contributed by atoms with E-state index in [2.05, 4.69) is 43.5 Å². The molecular formula is C57H112N2O6P+. The lowest BCUT2D eigenvalue weighted by atomic mass is 10.0. The first-order chi connectivity index (χ1) is 32.0. The molecule has 0 saturated heterocycles. The van der Waals surface area contributed by atoms with Crippen LogP contribution in [0.15, 0.2) is 36.5 Å². The maximum atomic E-state index is 12.9. The van der Waals surface area contributed by atoms with E-state index in [1.54, 1.807) is 6.08 Å². The number of rotatable bonds is 52. The van der Waals surface area contributed by atoms with Gasteiger partial charge in [0.2, 0.25) is 5.91 Å². The molecule has 66 heavy (non-hydrogen) atoms. The molecule has 0 radical (unpaired) electrons. The van der Waals surface area contributed by atoms with E-state index in [4.69, 9.17) is 9.05 Å². The fourth-order valence-electron chi connectivity index (χ4n) is 8.37. The lowest BCUT2D eigenvalue weighted by molar-refractivity contribution is -0.870. The maximum Gasteiger partial charge on any atom is 0.472 e. The van der Waals surface area contributed by atoms with Gasteiger partial charge in [-0.15, -0.1) is 0 Å². The summed E-state index contributed by atoms with van der Waals surface area (Å²) in [5, 5.41) is 13.9. The SMILES string of the molecule is CCCCCCCCCCC/C=C\C/C=C\CCCCCCCCCCCCCCCCCC(=O)NC(COP(=O)(O)OCC[N+](C)(C)C)C(O)/C=C/CCCCCCCCCCCCC. The quantitative estimate of drug-likeness (QED) is 0.0243. The fraction of sp³-hybridized carbons (Fsp3) is 0.877. The molecule has 0 aromatic heterocycles. The van der Waals surface area contributed by atoms with Crippen molar-refractivity contribution in [3.8, 4) is 0 Å². The van der Waals surface area contributed by atoms with Crippen LogP contribution in [0.25, 0.3) is 0 Å². The van der Waals surface area contributed by atoms with E-state index in [1.807, 2.05) is 27.2 Å². The van der Waals surface area contributed by atoms with Crippen LogP contribution >= 0.6 is 7.82 Å². The molecule has 0 aliphatic heterocycles. The smallest absolute Gasteiger partial charge is 0.387 e. The Kier molecular flexibility index (Phi) is 47.8. The molecule has 3 N–H and O–H groups in total. The zero-order valence-electron chi connectivity index (χ0n) is 44.4. The van der Waals surface area contributed by atoms with Crippen LogP contribution in [0.3, 0.4) is 0 Å². The third-order valence-corrected chi connectivity index (χ3v) is 13.8. The molecule has 0 rings (SSSR count). The van der Waals surface area contributed by atoms with Gasteiger partial charge >= 0.3 is 7.82 Å². The van der Waals surface area contributed by atoms with Crippen molar-refractivity contribution >= 4 is 13.7 Å². The van der Waals surface area contributed by atoms with Crippen LogP contribution in [0, 0.1) is 0 Å². The highest BCUT2D eigenvalue weighted by Crippen LogP contribution is 2.43. The van der Waals surface area contributed by atoms with Gasteiger partial charge in [-0.1, -0.05) is 249 Å². The monoisotopic (exact) mass is 952 g/mol. The molecule has 3 unspecified atom stereocenters. The van der Waals surface area contributed by atoms with Crippen molar-refractivity contribution in [2.24, 2.45) is 0 Å². The average Bonchev–Trinajstić information content (AvgIpc) is 3.28. The molecule has 0 bridgehead atoms. The minimum atomic E-state index is -4.34. The first-order valence-corrected chi connectivity index (χ1v) is 29.9. The molecule has 0 aliphatic carbocycles. The standard InChI is InChI=1S/C57H111N2O6P/c1-6-8-10-12-14-16-18-20-21-22-23-24-25-26-27-28-29-30-31-32-33-34-35-36-37-39-41-43-45-47-49-51-57(61)58-55(54-65-66(62,63)64-53-52-59(3,4)5)56(60)50-48-46-44-42-40-38-19-17-15-13-11-9-7-2/h23-24,26-27,48,50,55-56,60H,6-22,25,28-47,49,51-54H2,1-5H3,(H-,58,61,62,63)/p+1/b24-23-,27-26-,50-48+. The van der Waals surface area contributed by atoms with Crippen LogP contribution < -0.4 is 5.32 Å². The van der Waals surface area contributed by atoms with Crippen LogP contribution in [0.4, 0.5) is 0 Å². The molecular weight excluding hydrogens is 840 g/mol. The Labute approximate surface area is 410 Å². The Morgan fingerprint density at radius 3 is 1.24 bits per heavy atom. The van der Waals surface area contributed by atoms with E-state index in [-0.39, 0.29) is 19.1 Å². The van der Waals surface area contributed by atoms with Gasteiger partial charge in [-0.25, -0.2) is 4.57 Å². The summed E-state index contributed by atoms with van der Waals surface area (Å²) in [6, 6.07) is -0.845. The van der Waals surface area contributed by atoms with Crippen LogP contribution in [0.1, 0.15) is 271 Å². The number of allylic oxidation sites excluding steroid dienone is 5. The van der Waals surface area contributed by atoms with Crippen molar-refractivity contribution in [2.45, 2.75) is 283 Å². The number of aliphatic hydroxyl groups excluding tert-OH is 1. The fourth-order valence-corrected chi connectivity index (χ4v) is 9.10. The number of carbonyl (C=O) groups excluding carboxylic acids is 1. The van der Waals surface area contributed by atoms with E-state index < -0.39 is 20.0 Å². The average molecular weight is 953 g/mol. The van der Waals surface area contributed by atoms with Gasteiger partial charge in [-0.3, -0.25) is 13.8 Å². The van der Waals surface area contributed by atoms with Crippen molar-refractivity contribution in [2.75, 3.05) is 40.9 Å². The second kappa shape index (κ2) is 48.7. The molecule has 0 spiro atoms. The van der Waals surface area contributed by atoms with Crippen molar-refractivity contribution in [1.82, 2.24) is 5.32 Å². The minimum Gasteiger partial charge on any atom is -0.387 e. The van der Waals surface area contributed by atoms with Gasteiger partial charge in [0, 0.05) is 6.42 Å². The Morgan fingerprint density at radius 1 is 0.515 bits per heavy atom. The second-order valence-corrected chi connectivity index (χ2v) is 22.1. The minimum absolute atomic E-state index is 0.0623. The summed E-state index contributed by atoms with van der Waals surface area (Å²) in [7, 11) is 1.58. The molecule has 0 aromatic rings. The van der Waals surface area contributed by atoms with Crippen molar-refractivity contribution < 1.29 is 32.9 Å². The molecule has 8 nitrogen and oxygen atoms in total. The Hall–Kier alpha value is -1.28. The van der Waals surface area contributed by atoms with Gasteiger partial charge in [0.1, 0.15) is 13.2 Å². The number of nitrogens with zero attached hydrogens (tertiary/aromatic N) is 1. The number of aliphatic hydroxyl groups is 1. The highest BCUT2D eigenvalue weighted by molar-refractivity contribution is 7.47. The second-order valence-electron chi connectivity index (χ2n) is 20.7. The summed E-state index contributed by atoms with van der Waals surface area (Å²) >= 11 is 0. The number of quaternary nitrogens is 1. The summed E-state index contributed by atoms with van der Waals surface area (Å²) in [5.41, 5.74) is 0. The zero-order chi connectivity index (χ0) is 48.5. The highest BCUT2D eigenvalue weighted by Gasteiger charge is 2.27. The number of nitrogens with one attached hydrogen (secondary N) is 1. The number of phosphoric ester groups is 1. The van der Waals surface area contributed by atoms with Gasteiger partial charge in [-0.2, -0.15) is 0 Å². The Morgan fingerprint density at radius 2 is 0.864 bits per heavy atom. The predicted octanol–water partition coefficient (Wildman–Crippen LogP) is 17.0. The number of amides is 1. The summed E-state index contributed by atoms with van der Waals surface area (Å²) in [6.07, 6.45) is 62.5. The summed E-state index contributed by atoms with van der Waals surface area (Å²) < 4.78 is 23.6. The summed E-state index contributed by atoms with van der Waals surface area (Å²) in [4.78, 5) is 23.2. The molecule has 0 aromatic carbocycles. The molecule has 1 amide bonds. The van der Waals surface area contributed by atoms with E-state index in [9.17, 15) is 19.4 Å². The van der Waals surface area contributed by atoms with E-state index in [0.29, 0.717) is 17.4 Å². The van der Waals surface area contributed by atoms with Gasteiger partial charge in [0.15, 0.2) is 0 Å². The lowest BCUT2D eigenvalue weighted by Crippen LogP contribution is -2.45. The molecule has 9 heteroatoms. The third kappa shape index (κ3) is 50.6. The normalized spacial score (nSPS) is 14.2. The number of carbonyl (C=O) groups is 1. The topological polar surface area (TPSA) is 105 Å². The molecule has 0 saturated carbocycles. The molecule has 390 valence electrons. The number of phosphoric acid groups is 1. The highest BCUT2D eigenvalue weighted by atomic mass is 31.2. The third-order valence-electron chi connectivity index (χ3n) is 12.9. The predicted molar refractivity (Wildman–Crippen MR) is 286 cm³/mol. The number of hydrogen-bond donors (Lipinski definition) is 3. The van der Waals surface area contributed by atoms with Gasteiger partial charge < -0.3 is 19.8 Å². The van der Waals surface area contributed by atoms with E-state index in [1.165, 1.54) is 205 Å². The lowest BCUT2D eigenvalue weighted by Gasteiger charge is -2.25. The first-order valence-electron chi connectivity index (χ1n) is 28.4. The van der Waals surface area contributed by atoms with Crippen molar-refractivity contribution in [3.63, 3.8) is 0 Å². The Bertz CT molecular complexity index is 1170. The molecule has 3 atom stereocenters. The molecule has 0 heterocycles. The first kappa shape index (κ1) is 64.7. The van der Waals surface area contributed by atoms with Gasteiger partial charge in [0.05, 0.1) is 39.9 Å². The molecule has 0 aliphatic rings. The van der Waals surface area contributed by atoms with Gasteiger partial charge in [-0.05, 0) is 51.4 Å². The van der Waals surface area contributed by atoms with Gasteiger partial charge in [0.25, 0.3) is 0 Å². The van der Waals surface area contributed by atoms with Crippen molar-refractivity contribution in [3.05, 3.63) is 36.5 Å². The van der Waals surface area contributed by atoms with Crippen molar-refractivity contribution in [1.29, 1.82) is 0 Å². The van der Waals surface area contributed by atoms with Crippen LogP contribution in [-0.4, -0.2) is 73.4 Å². The van der Waals surface area contributed by atoms with Crippen LogP contribution in [0.2, 0.25) is 0 Å². The summed E-state index contributed by atoms with van der Waals surface area (Å²) in [6.45, 7) is 4.83. The maximum absolute atomic E-state index is 12.9. The van der Waals surface area contributed by atoms with E-state index >= 15 is 0 Å². The number of unbranched alkanes of at least 4 members (excludes halogenated alkanes) is 35. The zero-order valence-corrected chi connectivity index (χ0v) is 45.3. The largest absolute Gasteiger partial charge is 0.472 e. The summed E-state index contributed by atoms with van der Waals surface area (Å²) in [5.74, 6) is -0.175. The number of likely N-dealkylation sites (N-methyl/N-ethyl adjacent to an activating group) is 1. The van der Waals surface area contributed by atoms with Crippen LogP contribution in [-0.2, 0) is 18.4 Å².